The third-order valence-corrected chi connectivity index (χ3v) is 4.80. The predicted molar refractivity (Wildman–Crippen MR) is 110 cm³/mol. The van der Waals surface area contributed by atoms with Crippen LogP contribution in [0.15, 0.2) is 68.8 Å². The maximum absolute atomic E-state index is 12.3. The Labute approximate surface area is 172 Å². The van der Waals surface area contributed by atoms with Gasteiger partial charge in [-0.1, -0.05) is 51.8 Å². The number of halogens is 3. The number of hydrogen-bond acceptors (Lipinski definition) is 3. The van der Waals surface area contributed by atoms with Crippen LogP contribution in [0.1, 0.15) is 21.6 Å². The van der Waals surface area contributed by atoms with Crippen molar-refractivity contribution in [1.29, 1.82) is 0 Å². The largest absolute Gasteiger partial charge is 0.293 e. The van der Waals surface area contributed by atoms with Gasteiger partial charge in [0.15, 0.2) is 5.69 Å². The van der Waals surface area contributed by atoms with Crippen molar-refractivity contribution in [3.8, 4) is 0 Å². The highest BCUT2D eigenvalue weighted by molar-refractivity contribution is 9.10. The SMILES string of the molecule is O=C(NN=Cc1ccc(Br)cc1)c1nn(Cc2ccc(Cl)cc2)cc1Br. The van der Waals surface area contributed by atoms with Crippen LogP contribution in [-0.2, 0) is 6.54 Å². The highest BCUT2D eigenvalue weighted by atomic mass is 79.9. The second-order valence-electron chi connectivity index (χ2n) is 5.40. The van der Waals surface area contributed by atoms with Gasteiger partial charge in [-0.05, 0) is 51.3 Å². The van der Waals surface area contributed by atoms with Gasteiger partial charge in [-0.2, -0.15) is 10.2 Å². The van der Waals surface area contributed by atoms with Crippen LogP contribution in [0.3, 0.4) is 0 Å². The van der Waals surface area contributed by atoms with E-state index in [-0.39, 0.29) is 11.6 Å². The normalized spacial score (nSPS) is 11.0. The van der Waals surface area contributed by atoms with Crippen LogP contribution in [0.4, 0.5) is 0 Å². The quantitative estimate of drug-likeness (QED) is 0.405. The number of aromatic nitrogens is 2. The Morgan fingerprint density at radius 2 is 1.85 bits per heavy atom. The molecule has 1 aromatic heterocycles. The molecule has 3 rings (SSSR count). The first-order chi connectivity index (χ1) is 12.5. The monoisotopic (exact) mass is 494 g/mol. The molecule has 1 N–H and O–H groups in total. The van der Waals surface area contributed by atoms with E-state index < -0.39 is 0 Å². The van der Waals surface area contributed by atoms with Gasteiger partial charge in [0.2, 0.25) is 0 Å². The number of carbonyl (C=O) groups is 1. The van der Waals surface area contributed by atoms with Crippen LogP contribution in [0.5, 0.6) is 0 Å². The van der Waals surface area contributed by atoms with Crippen molar-refractivity contribution in [2.75, 3.05) is 0 Å². The molecule has 0 unspecified atom stereocenters. The number of rotatable bonds is 5. The van der Waals surface area contributed by atoms with E-state index in [0.717, 1.165) is 15.6 Å². The van der Waals surface area contributed by atoms with Crippen molar-refractivity contribution in [3.63, 3.8) is 0 Å². The first-order valence-corrected chi connectivity index (χ1v) is 9.54. The van der Waals surface area contributed by atoms with E-state index in [1.165, 1.54) is 0 Å². The molecule has 0 radical (unpaired) electrons. The zero-order valence-electron chi connectivity index (χ0n) is 13.4. The zero-order valence-corrected chi connectivity index (χ0v) is 17.3. The molecule has 1 amide bonds. The summed E-state index contributed by atoms with van der Waals surface area (Å²) in [6.45, 7) is 0.533. The van der Waals surface area contributed by atoms with E-state index in [9.17, 15) is 4.79 Å². The summed E-state index contributed by atoms with van der Waals surface area (Å²) in [4.78, 5) is 12.3. The molecule has 1 heterocycles. The van der Waals surface area contributed by atoms with Gasteiger partial charge in [-0.25, -0.2) is 5.43 Å². The molecule has 0 atom stereocenters. The van der Waals surface area contributed by atoms with Gasteiger partial charge < -0.3 is 0 Å². The third-order valence-electron chi connectivity index (χ3n) is 3.44. The highest BCUT2D eigenvalue weighted by Crippen LogP contribution is 2.17. The Balaban J connectivity index is 1.65. The molecular formula is C18H13Br2ClN4O. The van der Waals surface area contributed by atoms with Gasteiger partial charge in [0.05, 0.1) is 17.2 Å². The summed E-state index contributed by atoms with van der Waals surface area (Å²) < 4.78 is 3.26. The van der Waals surface area contributed by atoms with E-state index in [1.54, 1.807) is 17.1 Å². The summed E-state index contributed by atoms with van der Waals surface area (Å²) in [5, 5.41) is 8.96. The topological polar surface area (TPSA) is 59.3 Å². The number of carbonyl (C=O) groups excluding carboxylic acids is 1. The molecule has 5 nitrogen and oxygen atoms in total. The molecule has 132 valence electrons. The zero-order chi connectivity index (χ0) is 18.5. The van der Waals surface area contributed by atoms with Gasteiger partial charge >= 0.3 is 0 Å². The second-order valence-corrected chi connectivity index (χ2v) is 7.61. The van der Waals surface area contributed by atoms with Gasteiger partial charge in [-0.15, -0.1) is 0 Å². The molecule has 0 saturated carbocycles. The van der Waals surface area contributed by atoms with Gasteiger partial charge in [0.25, 0.3) is 5.91 Å². The molecule has 0 bridgehead atoms. The van der Waals surface area contributed by atoms with Gasteiger partial charge in [-0.3, -0.25) is 9.48 Å². The van der Waals surface area contributed by atoms with E-state index in [2.05, 4.69) is 47.5 Å². The molecule has 2 aromatic carbocycles. The molecule has 0 spiro atoms. The molecule has 3 aromatic rings. The van der Waals surface area contributed by atoms with Gasteiger partial charge in [0, 0.05) is 15.7 Å². The number of hydrazone groups is 1. The molecule has 0 aliphatic heterocycles. The Kier molecular flexibility index (Phi) is 6.24. The molecule has 0 saturated heterocycles. The molecular weight excluding hydrogens is 483 g/mol. The summed E-state index contributed by atoms with van der Waals surface area (Å²) in [6, 6.07) is 15.0. The first kappa shape index (κ1) is 18.8. The Hall–Kier alpha value is -1.96. The number of benzene rings is 2. The Morgan fingerprint density at radius 3 is 2.54 bits per heavy atom. The number of nitrogens with zero attached hydrogens (tertiary/aromatic N) is 3. The fourth-order valence-electron chi connectivity index (χ4n) is 2.18. The predicted octanol–water partition coefficient (Wildman–Crippen LogP) is 4.87. The maximum Gasteiger partial charge on any atom is 0.293 e. The van der Waals surface area contributed by atoms with E-state index in [4.69, 9.17) is 11.6 Å². The summed E-state index contributed by atoms with van der Waals surface area (Å²) in [5.41, 5.74) is 4.66. The van der Waals surface area contributed by atoms with Crippen molar-refractivity contribution < 1.29 is 4.79 Å². The minimum absolute atomic E-state index is 0.270. The van der Waals surface area contributed by atoms with Crippen LogP contribution < -0.4 is 5.43 Å². The molecule has 0 fully saturated rings. The summed E-state index contributed by atoms with van der Waals surface area (Å²) in [5.74, 6) is -0.389. The lowest BCUT2D eigenvalue weighted by molar-refractivity contribution is 0.0948. The lowest BCUT2D eigenvalue weighted by atomic mass is 10.2. The molecule has 26 heavy (non-hydrogen) atoms. The average molecular weight is 497 g/mol. The van der Waals surface area contributed by atoms with Crippen molar-refractivity contribution >= 4 is 55.6 Å². The number of hydrogen-bond donors (Lipinski definition) is 1. The third kappa shape index (κ3) is 5.03. The average Bonchev–Trinajstić information content (AvgIpc) is 2.99. The molecule has 0 aliphatic rings. The standard InChI is InChI=1S/C18H13Br2ClN4O/c19-14-5-1-12(2-6-14)9-22-23-18(26)17-16(20)11-25(24-17)10-13-3-7-15(21)8-4-13/h1-9,11H,10H2,(H,23,26). The fourth-order valence-corrected chi connectivity index (χ4v) is 3.06. The second kappa shape index (κ2) is 8.62. The van der Waals surface area contributed by atoms with Crippen molar-refractivity contribution in [1.82, 2.24) is 15.2 Å². The van der Waals surface area contributed by atoms with Crippen molar-refractivity contribution in [2.45, 2.75) is 6.54 Å². The minimum atomic E-state index is -0.389. The van der Waals surface area contributed by atoms with Crippen LogP contribution in [-0.4, -0.2) is 21.9 Å². The van der Waals surface area contributed by atoms with E-state index in [1.807, 2.05) is 48.5 Å². The maximum atomic E-state index is 12.3. The van der Waals surface area contributed by atoms with E-state index >= 15 is 0 Å². The minimum Gasteiger partial charge on any atom is -0.266 e. The van der Waals surface area contributed by atoms with E-state index in [0.29, 0.717) is 16.0 Å². The van der Waals surface area contributed by atoms with Crippen LogP contribution in [0, 0.1) is 0 Å². The van der Waals surface area contributed by atoms with Crippen LogP contribution in [0.2, 0.25) is 5.02 Å². The van der Waals surface area contributed by atoms with Crippen LogP contribution >= 0.6 is 43.5 Å². The first-order valence-electron chi connectivity index (χ1n) is 7.57. The smallest absolute Gasteiger partial charge is 0.266 e. The van der Waals surface area contributed by atoms with Gasteiger partial charge in [0.1, 0.15) is 0 Å². The fraction of sp³-hybridized carbons (Fsp3) is 0.0556. The summed E-state index contributed by atoms with van der Waals surface area (Å²) in [6.07, 6.45) is 3.32. The highest BCUT2D eigenvalue weighted by Gasteiger charge is 2.14. The Morgan fingerprint density at radius 1 is 1.15 bits per heavy atom. The lowest BCUT2D eigenvalue weighted by Gasteiger charge is -2.01. The summed E-state index contributed by atoms with van der Waals surface area (Å²) in [7, 11) is 0. The molecule has 0 aliphatic carbocycles. The van der Waals surface area contributed by atoms with Crippen LogP contribution in [0.25, 0.3) is 0 Å². The van der Waals surface area contributed by atoms with Crippen molar-refractivity contribution in [3.05, 3.63) is 85.5 Å². The number of amides is 1. The Bertz CT molecular complexity index is 937. The number of nitrogens with one attached hydrogen (secondary N) is 1. The molecule has 8 heteroatoms. The summed E-state index contributed by atoms with van der Waals surface area (Å²) >= 11 is 12.6. The van der Waals surface area contributed by atoms with Crippen molar-refractivity contribution in [2.24, 2.45) is 5.10 Å². The lowest BCUT2D eigenvalue weighted by Crippen LogP contribution is -2.19.